The summed E-state index contributed by atoms with van der Waals surface area (Å²) in [5.41, 5.74) is 0. The first-order valence-electron chi connectivity index (χ1n) is 11.7. The van der Waals surface area contributed by atoms with Gasteiger partial charge in [-0.05, 0) is 82.5 Å². The second-order valence-corrected chi connectivity index (χ2v) is 12.0. The van der Waals surface area contributed by atoms with E-state index in [1.165, 1.54) is 0 Å². The van der Waals surface area contributed by atoms with Gasteiger partial charge in [-0.15, -0.1) is 0 Å². The molecular formula is C22H37N3O4S. The summed E-state index contributed by atoms with van der Waals surface area (Å²) in [7, 11) is -3.40. The molecule has 1 heterocycles. The monoisotopic (exact) mass is 439 g/mol. The van der Waals surface area contributed by atoms with E-state index in [4.69, 9.17) is 5.14 Å². The minimum Gasteiger partial charge on any atom is -0.335 e. The van der Waals surface area contributed by atoms with Crippen LogP contribution in [0.2, 0.25) is 0 Å². The number of carbonyl (C=O) groups is 2. The van der Waals surface area contributed by atoms with Crippen molar-refractivity contribution in [3.63, 3.8) is 0 Å². The SMILES string of the molecule is CC(=O)N1C2CCC(C3CCC(CS(N)(=O)=O)CC3)CC2N(C(=O)C2CC2)C[C@@H]1C. The van der Waals surface area contributed by atoms with Gasteiger partial charge in [-0.3, -0.25) is 9.59 Å². The zero-order valence-electron chi connectivity index (χ0n) is 18.3. The lowest BCUT2D eigenvalue weighted by Crippen LogP contribution is -2.67. The second-order valence-electron chi connectivity index (χ2n) is 10.4. The summed E-state index contributed by atoms with van der Waals surface area (Å²) in [6.45, 7) is 4.39. The van der Waals surface area contributed by atoms with E-state index in [9.17, 15) is 18.0 Å². The van der Waals surface area contributed by atoms with Gasteiger partial charge in [0.15, 0.2) is 0 Å². The number of fused-ring (bicyclic) bond motifs is 1. The van der Waals surface area contributed by atoms with Crippen molar-refractivity contribution in [2.24, 2.45) is 28.8 Å². The standard InChI is InChI=1S/C22H37N3O4S/c1-14-12-24(22(27)18-7-8-18)21-11-19(9-10-20(21)25(14)15(2)26)17-5-3-16(4-6-17)13-30(23,28)29/h14,16-21H,3-13H2,1-2H3,(H2,23,28,29)/t14-,16?,17?,19?,20?,21?/m0/s1. The Morgan fingerprint density at radius 2 is 1.57 bits per heavy atom. The molecule has 1 aliphatic heterocycles. The summed E-state index contributed by atoms with van der Waals surface area (Å²) in [6.07, 6.45) is 8.99. The highest BCUT2D eigenvalue weighted by Crippen LogP contribution is 2.45. The quantitative estimate of drug-likeness (QED) is 0.725. The van der Waals surface area contributed by atoms with Crippen molar-refractivity contribution in [2.75, 3.05) is 12.3 Å². The molecule has 4 aliphatic rings. The number of rotatable bonds is 4. The lowest BCUT2D eigenvalue weighted by Gasteiger charge is -2.55. The van der Waals surface area contributed by atoms with Crippen molar-refractivity contribution in [3.05, 3.63) is 0 Å². The van der Waals surface area contributed by atoms with Gasteiger partial charge < -0.3 is 9.80 Å². The number of carbonyl (C=O) groups excluding carboxylic acids is 2. The molecule has 0 spiro atoms. The number of piperazine rings is 1. The van der Waals surface area contributed by atoms with Crippen LogP contribution in [0.4, 0.5) is 0 Å². The summed E-state index contributed by atoms with van der Waals surface area (Å²) in [5.74, 6) is 2.06. The highest BCUT2D eigenvalue weighted by Gasteiger charge is 2.49. The molecule has 0 aromatic heterocycles. The number of amides is 2. The fourth-order valence-electron chi connectivity index (χ4n) is 6.60. The first-order valence-corrected chi connectivity index (χ1v) is 13.5. The van der Waals surface area contributed by atoms with Gasteiger partial charge in [-0.2, -0.15) is 0 Å². The molecule has 0 aromatic carbocycles. The van der Waals surface area contributed by atoms with Gasteiger partial charge in [0, 0.05) is 25.4 Å². The lowest BCUT2D eigenvalue weighted by atomic mass is 9.68. The number of hydrogen-bond donors (Lipinski definition) is 1. The van der Waals surface area contributed by atoms with Crippen LogP contribution in [0.3, 0.4) is 0 Å². The van der Waals surface area contributed by atoms with Crippen molar-refractivity contribution in [2.45, 2.75) is 89.8 Å². The summed E-state index contributed by atoms with van der Waals surface area (Å²) in [5, 5.41) is 5.24. The molecule has 8 heteroatoms. The smallest absolute Gasteiger partial charge is 0.226 e. The topological polar surface area (TPSA) is 101 Å². The van der Waals surface area contributed by atoms with Crippen molar-refractivity contribution in [1.82, 2.24) is 9.80 Å². The van der Waals surface area contributed by atoms with Crippen molar-refractivity contribution < 1.29 is 18.0 Å². The van der Waals surface area contributed by atoms with Crippen molar-refractivity contribution >= 4 is 21.8 Å². The zero-order valence-corrected chi connectivity index (χ0v) is 19.1. The number of sulfonamides is 1. The average Bonchev–Trinajstić information content (AvgIpc) is 3.51. The molecule has 7 nitrogen and oxygen atoms in total. The van der Waals surface area contributed by atoms with Crippen LogP contribution in [0.25, 0.3) is 0 Å². The Labute approximate surface area is 180 Å². The van der Waals surface area contributed by atoms with Gasteiger partial charge >= 0.3 is 0 Å². The lowest BCUT2D eigenvalue weighted by molar-refractivity contribution is -0.155. The Bertz CT molecular complexity index is 773. The van der Waals surface area contributed by atoms with Crippen molar-refractivity contribution in [3.8, 4) is 0 Å². The van der Waals surface area contributed by atoms with Gasteiger partial charge in [0.2, 0.25) is 21.8 Å². The van der Waals surface area contributed by atoms with E-state index in [-0.39, 0.29) is 41.6 Å². The summed E-state index contributed by atoms with van der Waals surface area (Å²) in [4.78, 5) is 29.6. The Hall–Kier alpha value is -1.15. The van der Waals surface area contributed by atoms with E-state index < -0.39 is 10.0 Å². The van der Waals surface area contributed by atoms with Crippen LogP contribution in [0.15, 0.2) is 0 Å². The largest absolute Gasteiger partial charge is 0.335 e. The van der Waals surface area contributed by atoms with E-state index in [1.54, 1.807) is 6.92 Å². The zero-order chi connectivity index (χ0) is 21.6. The minimum atomic E-state index is -3.40. The molecule has 0 bridgehead atoms. The van der Waals surface area contributed by atoms with Crippen LogP contribution in [-0.2, 0) is 19.6 Å². The molecule has 4 atom stereocenters. The third-order valence-corrected chi connectivity index (χ3v) is 9.05. The van der Waals surface area contributed by atoms with E-state index in [0.29, 0.717) is 24.3 Å². The fraction of sp³-hybridized carbons (Fsp3) is 0.909. The molecule has 0 aromatic rings. The molecule has 30 heavy (non-hydrogen) atoms. The van der Waals surface area contributed by atoms with Crippen LogP contribution in [0, 0.1) is 23.7 Å². The summed E-state index contributed by atoms with van der Waals surface area (Å²) >= 11 is 0. The maximum absolute atomic E-state index is 13.0. The molecule has 1 saturated heterocycles. The molecular weight excluding hydrogens is 402 g/mol. The predicted octanol–water partition coefficient (Wildman–Crippen LogP) is 2.11. The van der Waals surface area contributed by atoms with Gasteiger partial charge in [-0.1, -0.05) is 0 Å². The van der Waals surface area contributed by atoms with Crippen LogP contribution >= 0.6 is 0 Å². The third-order valence-electron chi connectivity index (χ3n) is 8.11. The summed E-state index contributed by atoms with van der Waals surface area (Å²) in [6, 6.07) is 0.361. The number of nitrogens with two attached hydrogens (primary N) is 1. The van der Waals surface area contributed by atoms with Crippen LogP contribution < -0.4 is 5.14 Å². The Morgan fingerprint density at radius 3 is 2.13 bits per heavy atom. The normalized spacial score (nSPS) is 37.6. The maximum Gasteiger partial charge on any atom is 0.226 e. The molecule has 4 rings (SSSR count). The van der Waals surface area contributed by atoms with Crippen LogP contribution in [0.5, 0.6) is 0 Å². The van der Waals surface area contributed by atoms with Crippen LogP contribution in [-0.4, -0.2) is 60.5 Å². The molecule has 3 aliphatic carbocycles. The van der Waals surface area contributed by atoms with Gasteiger partial charge in [0.1, 0.15) is 0 Å². The molecule has 4 fully saturated rings. The minimum absolute atomic E-state index is 0.0802. The van der Waals surface area contributed by atoms with Crippen molar-refractivity contribution in [1.29, 1.82) is 0 Å². The van der Waals surface area contributed by atoms with Gasteiger partial charge in [0.25, 0.3) is 0 Å². The molecule has 3 unspecified atom stereocenters. The predicted molar refractivity (Wildman–Crippen MR) is 115 cm³/mol. The number of primary sulfonamides is 1. The number of nitrogens with zero attached hydrogens (tertiary/aromatic N) is 2. The van der Waals surface area contributed by atoms with Gasteiger partial charge in [-0.25, -0.2) is 13.6 Å². The molecule has 3 saturated carbocycles. The average molecular weight is 440 g/mol. The van der Waals surface area contributed by atoms with E-state index in [1.807, 2.05) is 4.90 Å². The second kappa shape index (κ2) is 8.41. The highest BCUT2D eigenvalue weighted by molar-refractivity contribution is 7.89. The first kappa shape index (κ1) is 22.1. The highest BCUT2D eigenvalue weighted by atomic mass is 32.2. The van der Waals surface area contributed by atoms with E-state index in [2.05, 4.69) is 11.8 Å². The van der Waals surface area contributed by atoms with Crippen LogP contribution in [0.1, 0.15) is 71.6 Å². The van der Waals surface area contributed by atoms with E-state index >= 15 is 0 Å². The first-order chi connectivity index (χ1) is 14.1. The van der Waals surface area contributed by atoms with Gasteiger partial charge in [0.05, 0.1) is 17.8 Å². The molecule has 170 valence electrons. The Kier molecular flexibility index (Phi) is 6.19. The Morgan fingerprint density at radius 1 is 0.933 bits per heavy atom. The molecule has 0 radical (unpaired) electrons. The van der Waals surface area contributed by atoms with E-state index in [0.717, 1.165) is 57.8 Å². The third kappa shape index (κ3) is 4.69. The fourth-order valence-corrected chi connectivity index (χ4v) is 7.59. The molecule has 2 amide bonds. The maximum atomic E-state index is 13.0. The number of hydrogen-bond acceptors (Lipinski definition) is 4. The summed E-state index contributed by atoms with van der Waals surface area (Å²) < 4.78 is 22.8. The molecule has 2 N–H and O–H groups in total. The Balaban J connectivity index is 1.44.